The molecule has 1 aliphatic heterocycles. The molecular weight excluding hydrogens is 238 g/mol. The molecule has 3 rings (SSSR count). The van der Waals surface area contributed by atoms with Crippen LogP contribution in [-0.2, 0) is 0 Å². The highest BCUT2D eigenvalue weighted by Crippen LogP contribution is 2.40. The molecule has 1 aliphatic carbocycles. The average molecular weight is 259 g/mol. The fourth-order valence-corrected chi connectivity index (χ4v) is 3.57. The molecular formula is C16H21NO2. The number of aldehydes is 1. The third-order valence-electron chi connectivity index (χ3n) is 4.82. The number of aliphatic hydroxyl groups is 1. The first-order chi connectivity index (χ1) is 9.21. The van der Waals surface area contributed by atoms with Gasteiger partial charge in [-0.25, -0.2) is 0 Å². The summed E-state index contributed by atoms with van der Waals surface area (Å²) in [5, 5.41) is 10.7. The average Bonchev–Trinajstić information content (AvgIpc) is 2.46. The normalized spacial score (nSPS) is 30.8. The predicted octanol–water partition coefficient (Wildman–Crippen LogP) is 2.63. The second kappa shape index (κ2) is 4.97. The number of anilines is 1. The molecule has 2 aliphatic rings. The van der Waals surface area contributed by atoms with Crippen molar-refractivity contribution < 1.29 is 9.90 Å². The lowest BCUT2D eigenvalue weighted by molar-refractivity contribution is -0.0612. The molecule has 0 spiro atoms. The topological polar surface area (TPSA) is 40.5 Å². The number of benzene rings is 1. The van der Waals surface area contributed by atoms with Crippen molar-refractivity contribution in [1.29, 1.82) is 0 Å². The molecule has 3 nitrogen and oxygen atoms in total. The zero-order chi connectivity index (χ0) is 13.3. The SMILES string of the molecule is O=Cc1ccc(N2CCC3(O)CCCCC3C2)cc1. The van der Waals surface area contributed by atoms with Crippen LogP contribution in [0.2, 0.25) is 0 Å². The van der Waals surface area contributed by atoms with E-state index < -0.39 is 5.60 Å². The van der Waals surface area contributed by atoms with Gasteiger partial charge in [-0.1, -0.05) is 12.8 Å². The third kappa shape index (κ3) is 2.39. The zero-order valence-corrected chi connectivity index (χ0v) is 11.2. The quantitative estimate of drug-likeness (QED) is 0.830. The number of hydrogen-bond acceptors (Lipinski definition) is 3. The van der Waals surface area contributed by atoms with Gasteiger partial charge in [0.05, 0.1) is 5.60 Å². The van der Waals surface area contributed by atoms with Crippen molar-refractivity contribution >= 4 is 12.0 Å². The zero-order valence-electron chi connectivity index (χ0n) is 11.2. The maximum absolute atomic E-state index is 10.7. The van der Waals surface area contributed by atoms with Crippen LogP contribution in [-0.4, -0.2) is 30.1 Å². The summed E-state index contributed by atoms with van der Waals surface area (Å²) in [5.41, 5.74) is 1.46. The summed E-state index contributed by atoms with van der Waals surface area (Å²) in [6, 6.07) is 7.75. The number of carbonyl (C=O) groups excluding carboxylic acids is 1. The van der Waals surface area contributed by atoms with Gasteiger partial charge in [0, 0.05) is 30.3 Å². The molecule has 1 heterocycles. The number of piperidine rings is 1. The monoisotopic (exact) mass is 259 g/mol. The predicted molar refractivity (Wildman–Crippen MR) is 75.6 cm³/mol. The van der Waals surface area contributed by atoms with Crippen LogP contribution in [0.4, 0.5) is 5.69 Å². The number of rotatable bonds is 2. The first kappa shape index (κ1) is 12.7. The van der Waals surface area contributed by atoms with E-state index in [0.717, 1.165) is 44.2 Å². The summed E-state index contributed by atoms with van der Waals surface area (Å²) < 4.78 is 0. The second-order valence-corrected chi connectivity index (χ2v) is 5.95. The van der Waals surface area contributed by atoms with Crippen molar-refractivity contribution in [2.75, 3.05) is 18.0 Å². The first-order valence-electron chi connectivity index (χ1n) is 7.24. The van der Waals surface area contributed by atoms with Gasteiger partial charge < -0.3 is 10.0 Å². The summed E-state index contributed by atoms with van der Waals surface area (Å²) >= 11 is 0. The molecule has 0 aromatic heterocycles. The Labute approximate surface area is 114 Å². The van der Waals surface area contributed by atoms with Gasteiger partial charge in [0.25, 0.3) is 0 Å². The van der Waals surface area contributed by atoms with Gasteiger partial charge in [0.1, 0.15) is 6.29 Å². The lowest BCUT2D eigenvalue weighted by Gasteiger charge is -2.48. The molecule has 102 valence electrons. The van der Waals surface area contributed by atoms with E-state index in [9.17, 15) is 9.90 Å². The fourth-order valence-electron chi connectivity index (χ4n) is 3.57. The van der Waals surface area contributed by atoms with Gasteiger partial charge in [0.2, 0.25) is 0 Å². The van der Waals surface area contributed by atoms with Gasteiger partial charge in [-0.15, -0.1) is 0 Å². The maximum Gasteiger partial charge on any atom is 0.150 e. The van der Waals surface area contributed by atoms with E-state index in [1.807, 2.05) is 24.3 Å². The van der Waals surface area contributed by atoms with E-state index in [4.69, 9.17) is 0 Å². The number of carbonyl (C=O) groups is 1. The molecule has 1 saturated carbocycles. The molecule has 1 aromatic carbocycles. The van der Waals surface area contributed by atoms with Gasteiger partial charge in [-0.2, -0.15) is 0 Å². The van der Waals surface area contributed by atoms with Crippen LogP contribution in [0.1, 0.15) is 42.5 Å². The summed E-state index contributed by atoms with van der Waals surface area (Å²) in [5.74, 6) is 0.403. The van der Waals surface area contributed by atoms with E-state index in [2.05, 4.69) is 4.90 Å². The molecule has 0 radical (unpaired) electrons. The van der Waals surface area contributed by atoms with E-state index in [1.165, 1.54) is 18.5 Å². The van der Waals surface area contributed by atoms with Gasteiger partial charge in [-0.3, -0.25) is 4.79 Å². The van der Waals surface area contributed by atoms with E-state index in [1.54, 1.807) is 0 Å². The Morgan fingerprint density at radius 1 is 1.21 bits per heavy atom. The van der Waals surface area contributed by atoms with Crippen LogP contribution in [0, 0.1) is 5.92 Å². The van der Waals surface area contributed by atoms with Crippen molar-refractivity contribution in [2.45, 2.75) is 37.7 Å². The van der Waals surface area contributed by atoms with E-state index in [0.29, 0.717) is 5.92 Å². The van der Waals surface area contributed by atoms with Crippen LogP contribution in [0.5, 0.6) is 0 Å². The van der Waals surface area contributed by atoms with Gasteiger partial charge in [-0.05, 0) is 43.5 Å². The lowest BCUT2D eigenvalue weighted by atomic mass is 9.71. The molecule has 2 atom stereocenters. The Morgan fingerprint density at radius 2 is 2.00 bits per heavy atom. The van der Waals surface area contributed by atoms with Gasteiger partial charge in [0.15, 0.2) is 0 Å². The first-order valence-corrected chi connectivity index (χ1v) is 7.24. The minimum absolute atomic E-state index is 0.403. The maximum atomic E-state index is 10.7. The van der Waals surface area contributed by atoms with Crippen LogP contribution in [0.25, 0.3) is 0 Å². The Hall–Kier alpha value is -1.35. The van der Waals surface area contributed by atoms with Crippen LogP contribution in [0.3, 0.4) is 0 Å². The summed E-state index contributed by atoms with van der Waals surface area (Å²) in [4.78, 5) is 13.0. The fraction of sp³-hybridized carbons (Fsp3) is 0.562. The molecule has 2 unspecified atom stereocenters. The highest BCUT2D eigenvalue weighted by Gasteiger charge is 2.42. The number of fused-ring (bicyclic) bond motifs is 1. The Kier molecular flexibility index (Phi) is 3.31. The Balaban J connectivity index is 1.74. The Morgan fingerprint density at radius 3 is 2.74 bits per heavy atom. The molecule has 0 amide bonds. The molecule has 1 N–H and O–H groups in total. The third-order valence-corrected chi connectivity index (χ3v) is 4.82. The minimum atomic E-state index is -0.419. The minimum Gasteiger partial charge on any atom is -0.389 e. The largest absolute Gasteiger partial charge is 0.389 e. The van der Waals surface area contributed by atoms with Crippen LogP contribution in [0.15, 0.2) is 24.3 Å². The highest BCUT2D eigenvalue weighted by atomic mass is 16.3. The van der Waals surface area contributed by atoms with E-state index >= 15 is 0 Å². The van der Waals surface area contributed by atoms with Crippen molar-refractivity contribution in [3.8, 4) is 0 Å². The molecule has 2 fully saturated rings. The standard InChI is InChI=1S/C16H21NO2/c18-12-13-4-6-15(7-5-13)17-10-9-16(19)8-2-1-3-14(16)11-17/h4-7,12,14,19H,1-3,8-11H2. The van der Waals surface area contributed by atoms with Gasteiger partial charge >= 0.3 is 0 Å². The lowest BCUT2D eigenvalue weighted by Crippen LogP contribution is -2.53. The van der Waals surface area contributed by atoms with E-state index in [-0.39, 0.29) is 0 Å². The van der Waals surface area contributed by atoms with Crippen molar-refractivity contribution in [3.05, 3.63) is 29.8 Å². The molecule has 0 bridgehead atoms. The smallest absolute Gasteiger partial charge is 0.150 e. The second-order valence-electron chi connectivity index (χ2n) is 5.95. The van der Waals surface area contributed by atoms with Crippen molar-refractivity contribution in [2.24, 2.45) is 5.92 Å². The summed E-state index contributed by atoms with van der Waals surface area (Å²) in [7, 11) is 0. The van der Waals surface area contributed by atoms with Crippen LogP contribution < -0.4 is 4.90 Å². The Bertz CT molecular complexity index is 456. The highest BCUT2D eigenvalue weighted by molar-refractivity contribution is 5.75. The van der Waals surface area contributed by atoms with Crippen LogP contribution >= 0.6 is 0 Å². The molecule has 1 aromatic rings. The number of hydrogen-bond donors (Lipinski definition) is 1. The van der Waals surface area contributed by atoms with Crippen molar-refractivity contribution in [1.82, 2.24) is 0 Å². The molecule has 19 heavy (non-hydrogen) atoms. The molecule has 1 saturated heterocycles. The number of nitrogens with zero attached hydrogens (tertiary/aromatic N) is 1. The summed E-state index contributed by atoms with van der Waals surface area (Å²) in [6.07, 6.45) is 6.26. The summed E-state index contributed by atoms with van der Waals surface area (Å²) in [6.45, 7) is 1.85. The van der Waals surface area contributed by atoms with Crippen molar-refractivity contribution in [3.63, 3.8) is 0 Å². The molecule has 3 heteroatoms.